The molecule has 0 radical (unpaired) electrons. The molecule has 0 aliphatic heterocycles. The van der Waals surface area contributed by atoms with Crippen molar-refractivity contribution < 1.29 is 4.42 Å². The van der Waals surface area contributed by atoms with Crippen LogP contribution in [0.15, 0.2) is 27.1 Å². The Morgan fingerprint density at radius 1 is 1.41 bits per heavy atom. The number of aromatic nitrogens is 2. The predicted octanol–water partition coefficient (Wildman–Crippen LogP) is 2.91. The summed E-state index contributed by atoms with van der Waals surface area (Å²) < 4.78 is 6.38. The first-order valence-electron chi connectivity index (χ1n) is 5.13. The number of halogens is 2. The van der Waals surface area contributed by atoms with Crippen LogP contribution in [-0.4, -0.2) is 23.8 Å². The molecule has 0 atom stereocenters. The quantitative estimate of drug-likeness (QED) is 0.942. The summed E-state index contributed by atoms with van der Waals surface area (Å²) in [6.07, 6.45) is 0.716. The number of likely N-dealkylation sites (N-methyl/N-ethyl adjacent to an activating group) is 1. The number of hydrogen-bond acceptors (Lipinski definition) is 4. The van der Waals surface area contributed by atoms with Gasteiger partial charge in [-0.15, -0.1) is 10.2 Å². The van der Waals surface area contributed by atoms with E-state index >= 15 is 0 Å². The van der Waals surface area contributed by atoms with Gasteiger partial charge >= 0.3 is 0 Å². The van der Waals surface area contributed by atoms with Crippen LogP contribution in [0.25, 0.3) is 11.5 Å². The zero-order valence-corrected chi connectivity index (χ0v) is 11.5. The summed E-state index contributed by atoms with van der Waals surface area (Å²) in [5.41, 5.74) is 0.821. The van der Waals surface area contributed by atoms with Crippen molar-refractivity contribution in [3.05, 3.63) is 33.6 Å². The Balaban J connectivity index is 2.21. The van der Waals surface area contributed by atoms with E-state index in [9.17, 15) is 0 Å². The molecule has 2 aromatic rings. The van der Waals surface area contributed by atoms with E-state index in [1.54, 1.807) is 6.07 Å². The summed E-state index contributed by atoms with van der Waals surface area (Å²) in [5.74, 6) is 1.11. The zero-order chi connectivity index (χ0) is 12.3. The first kappa shape index (κ1) is 12.5. The van der Waals surface area contributed by atoms with Gasteiger partial charge in [-0.25, -0.2) is 0 Å². The van der Waals surface area contributed by atoms with Crippen LogP contribution in [0.2, 0.25) is 5.02 Å². The van der Waals surface area contributed by atoms with E-state index < -0.39 is 0 Å². The lowest BCUT2D eigenvalue weighted by atomic mass is 10.2. The third-order valence-electron chi connectivity index (χ3n) is 2.22. The molecular formula is C11H11BrClN3O. The topological polar surface area (TPSA) is 51.0 Å². The van der Waals surface area contributed by atoms with Crippen LogP contribution in [0.4, 0.5) is 0 Å². The van der Waals surface area contributed by atoms with E-state index in [-0.39, 0.29) is 0 Å². The first-order valence-corrected chi connectivity index (χ1v) is 6.30. The van der Waals surface area contributed by atoms with Crippen molar-refractivity contribution in [2.45, 2.75) is 6.42 Å². The lowest BCUT2D eigenvalue weighted by Crippen LogP contribution is -2.10. The van der Waals surface area contributed by atoms with Gasteiger partial charge in [-0.2, -0.15) is 0 Å². The van der Waals surface area contributed by atoms with Crippen LogP contribution in [-0.2, 0) is 6.42 Å². The van der Waals surface area contributed by atoms with E-state index in [0.717, 1.165) is 16.6 Å². The summed E-state index contributed by atoms with van der Waals surface area (Å²) in [4.78, 5) is 0. The SMILES string of the molecule is CNCCc1nnc(-c2ccc(Br)c(Cl)c2)o1. The molecule has 90 valence electrons. The molecule has 0 fully saturated rings. The molecule has 0 spiro atoms. The van der Waals surface area contributed by atoms with Crippen molar-refractivity contribution in [3.8, 4) is 11.5 Å². The number of hydrogen-bond donors (Lipinski definition) is 1. The van der Waals surface area contributed by atoms with Crippen LogP contribution in [0.3, 0.4) is 0 Å². The van der Waals surface area contributed by atoms with Gasteiger partial charge in [0.05, 0.1) is 5.02 Å². The minimum atomic E-state index is 0.491. The molecule has 0 aliphatic carbocycles. The molecule has 0 aliphatic rings. The van der Waals surface area contributed by atoms with Crippen molar-refractivity contribution in [3.63, 3.8) is 0 Å². The normalized spacial score (nSPS) is 10.8. The second kappa shape index (κ2) is 5.62. The molecule has 1 heterocycles. The van der Waals surface area contributed by atoms with Gasteiger partial charge in [0.25, 0.3) is 0 Å². The highest BCUT2D eigenvalue weighted by Gasteiger charge is 2.09. The standard InChI is InChI=1S/C11H11BrClN3O/c1-14-5-4-10-15-16-11(17-10)7-2-3-8(12)9(13)6-7/h2-3,6,14H,4-5H2,1H3. The van der Waals surface area contributed by atoms with E-state index in [4.69, 9.17) is 16.0 Å². The minimum Gasteiger partial charge on any atom is -0.421 e. The van der Waals surface area contributed by atoms with Gasteiger partial charge in [0, 0.05) is 23.0 Å². The second-order valence-corrected chi connectivity index (χ2v) is 4.74. The van der Waals surface area contributed by atoms with E-state index in [2.05, 4.69) is 31.4 Å². The van der Waals surface area contributed by atoms with Crippen molar-refractivity contribution >= 4 is 27.5 Å². The highest BCUT2D eigenvalue weighted by atomic mass is 79.9. The first-order chi connectivity index (χ1) is 8.20. The summed E-state index contributed by atoms with van der Waals surface area (Å²) in [6.45, 7) is 0.808. The molecule has 0 unspecified atom stereocenters. The molecule has 0 saturated carbocycles. The average molecular weight is 317 g/mol. The van der Waals surface area contributed by atoms with Gasteiger partial charge < -0.3 is 9.73 Å². The largest absolute Gasteiger partial charge is 0.421 e. The Morgan fingerprint density at radius 2 is 2.24 bits per heavy atom. The molecule has 4 nitrogen and oxygen atoms in total. The zero-order valence-electron chi connectivity index (χ0n) is 9.20. The second-order valence-electron chi connectivity index (χ2n) is 3.48. The predicted molar refractivity (Wildman–Crippen MR) is 70.1 cm³/mol. The van der Waals surface area contributed by atoms with Crippen molar-refractivity contribution in [1.29, 1.82) is 0 Å². The van der Waals surface area contributed by atoms with Gasteiger partial charge in [-0.3, -0.25) is 0 Å². The average Bonchev–Trinajstić information content (AvgIpc) is 2.79. The summed E-state index contributed by atoms with van der Waals surface area (Å²) in [6, 6.07) is 5.53. The number of nitrogens with zero attached hydrogens (tertiary/aromatic N) is 2. The van der Waals surface area contributed by atoms with E-state index in [1.807, 2.05) is 19.2 Å². The van der Waals surface area contributed by atoms with Gasteiger partial charge in [0.15, 0.2) is 0 Å². The summed E-state index contributed by atoms with van der Waals surface area (Å²) in [7, 11) is 1.88. The van der Waals surface area contributed by atoms with Gasteiger partial charge in [-0.05, 0) is 41.2 Å². The van der Waals surface area contributed by atoms with E-state index in [1.165, 1.54) is 0 Å². The summed E-state index contributed by atoms with van der Waals surface area (Å²) in [5, 5.41) is 11.6. The molecule has 0 bridgehead atoms. The maximum absolute atomic E-state index is 6.01. The molecular weight excluding hydrogens is 305 g/mol. The van der Waals surface area contributed by atoms with Gasteiger partial charge in [0.1, 0.15) is 0 Å². The Hall–Kier alpha value is -0.910. The third kappa shape index (κ3) is 3.06. The maximum atomic E-state index is 6.01. The molecule has 1 N–H and O–H groups in total. The third-order valence-corrected chi connectivity index (χ3v) is 3.45. The Bertz CT molecular complexity index is 515. The van der Waals surface area contributed by atoms with E-state index in [0.29, 0.717) is 23.2 Å². The molecule has 17 heavy (non-hydrogen) atoms. The van der Waals surface area contributed by atoms with Crippen molar-refractivity contribution in [2.24, 2.45) is 0 Å². The molecule has 6 heteroatoms. The van der Waals surface area contributed by atoms with Crippen LogP contribution in [0, 0.1) is 0 Å². The Labute approximate surface area is 113 Å². The van der Waals surface area contributed by atoms with Gasteiger partial charge in [-0.1, -0.05) is 11.6 Å². The molecule has 1 aromatic carbocycles. The molecule has 2 rings (SSSR count). The summed E-state index contributed by atoms with van der Waals surface area (Å²) >= 11 is 9.34. The van der Waals surface area contributed by atoms with Crippen LogP contribution in [0.5, 0.6) is 0 Å². The number of rotatable bonds is 4. The lowest BCUT2D eigenvalue weighted by molar-refractivity contribution is 0.500. The minimum absolute atomic E-state index is 0.491. The molecule has 0 amide bonds. The molecule has 1 aromatic heterocycles. The fourth-order valence-electron chi connectivity index (χ4n) is 1.33. The van der Waals surface area contributed by atoms with Crippen molar-refractivity contribution in [2.75, 3.05) is 13.6 Å². The lowest BCUT2D eigenvalue weighted by Gasteiger charge is -1.98. The van der Waals surface area contributed by atoms with Crippen LogP contribution < -0.4 is 5.32 Å². The maximum Gasteiger partial charge on any atom is 0.247 e. The van der Waals surface area contributed by atoms with Crippen LogP contribution in [0.1, 0.15) is 5.89 Å². The molecule has 0 saturated heterocycles. The Morgan fingerprint density at radius 3 is 2.94 bits per heavy atom. The van der Waals surface area contributed by atoms with Crippen LogP contribution >= 0.6 is 27.5 Å². The van der Waals surface area contributed by atoms with Crippen molar-refractivity contribution in [1.82, 2.24) is 15.5 Å². The Kier molecular flexibility index (Phi) is 4.15. The monoisotopic (exact) mass is 315 g/mol. The fraction of sp³-hybridized carbons (Fsp3) is 0.273. The van der Waals surface area contributed by atoms with Gasteiger partial charge in [0.2, 0.25) is 11.8 Å². The smallest absolute Gasteiger partial charge is 0.247 e. The number of nitrogens with one attached hydrogen (secondary N) is 1. The highest BCUT2D eigenvalue weighted by Crippen LogP contribution is 2.28. The highest BCUT2D eigenvalue weighted by molar-refractivity contribution is 9.10. The fourth-order valence-corrected chi connectivity index (χ4v) is 1.76. The number of benzene rings is 1.